The molecule has 0 amide bonds. The molecule has 4 nitrogen and oxygen atoms in total. The third kappa shape index (κ3) is 6.67. The molecule has 0 bridgehead atoms. The van der Waals surface area contributed by atoms with Gasteiger partial charge >= 0.3 is 6.40 Å². The Hall–Kier alpha value is 0.255. The van der Waals surface area contributed by atoms with Gasteiger partial charge in [-0.05, 0) is 48.5 Å². The highest BCUT2D eigenvalue weighted by atomic mass is 32.2. The average Bonchev–Trinajstić information content (AvgIpc) is 2.12. The molecule has 1 N–H and O–H groups in total. The van der Waals surface area contributed by atoms with Gasteiger partial charge in [-0.1, -0.05) is 0 Å². The Morgan fingerprint density at radius 1 is 1.24 bits per heavy atom. The van der Waals surface area contributed by atoms with Crippen LogP contribution in [-0.2, 0) is 13.5 Å². The number of rotatable bonds is 8. The van der Waals surface area contributed by atoms with Crippen molar-refractivity contribution < 1.29 is 18.6 Å². The molecule has 102 valence electrons. The Balaban J connectivity index is 4.29. The molecule has 6 heteroatoms. The highest BCUT2D eigenvalue weighted by Crippen LogP contribution is 2.30. The molecule has 0 saturated heterocycles. The minimum Gasteiger partial charge on any atom is -0.401 e. The van der Waals surface area contributed by atoms with Gasteiger partial charge in [-0.15, -0.1) is 0 Å². The minimum atomic E-state index is -0.936. The normalized spacial score (nSPS) is 13.2. The first kappa shape index (κ1) is 17.3. The highest BCUT2D eigenvalue weighted by Gasteiger charge is 2.38. The summed E-state index contributed by atoms with van der Waals surface area (Å²) in [4.78, 5) is 0. The van der Waals surface area contributed by atoms with Gasteiger partial charge < -0.3 is 18.6 Å². The van der Waals surface area contributed by atoms with E-state index in [-0.39, 0.29) is 6.10 Å². The second kappa shape index (κ2) is 6.99. The fourth-order valence-electron chi connectivity index (χ4n) is 0.710. The van der Waals surface area contributed by atoms with E-state index in [4.69, 9.17) is 13.5 Å². The fraction of sp³-hybridized carbons (Fsp3) is 1.00. The van der Waals surface area contributed by atoms with Gasteiger partial charge in [-0.2, -0.15) is 0 Å². The van der Waals surface area contributed by atoms with Crippen molar-refractivity contribution in [1.29, 1.82) is 0 Å². The maximum absolute atomic E-state index is 9.95. The van der Waals surface area contributed by atoms with Gasteiger partial charge in [-0.3, -0.25) is 0 Å². The summed E-state index contributed by atoms with van der Waals surface area (Å²) >= 11 is 1.10. The van der Waals surface area contributed by atoms with E-state index in [1.54, 1.807) is 13.8 Å². The Kier molecular flexibility index (Phi) is 7.10. The van der Waals surface area contributed by atoms with Gasteiger partial charge in [0, 0.05) is 24.6 Å². The molecule has 0 unspecified atom stereocenters. The molecule has 0 aromatic heterocycles. The first-order valence-corrected chi connectivity index (χ1v) is 6.74. The monoisotopic (exact) mass is 264 g/mol. The molecule has 0 aromatic rings. The standard InChI is InChI=1S/C11H25BO4S/c1-8-14-12(15-9(2)3)17-16-11(6,7)10(4,5)13/h9,13H,8H2,1-7H3. The quantitative estimate of drug-likeness (QED) is 0.539. The summed E-state index contributed by atoms with van der Waals surface area (Å²) < 4.78 is 16.6. The second-order valence-corrected chi connectivity index (χ2v) is 5.92. The zero-order valence-corrected chi connectivity index (χ0v) is 12.8. The molecule has 0 rings (SSSR count). The number of hydrogen-bond donors (Lipinski definition) is 1. The number of aliphatic hydroxyl groups is 1. The predicted octanol–water partition coefficient (Wildman–Crippen LogP) is 2.65. The fourth-order valence-corrected chi connectivity index (χ4v) is 1.69. The van der Waals surface area contributed by atoms with Crippen LogP contribution in [0.5, 0.6) is 0 Å². The van der Waals surface area contributed by atoms with Crippen LogP contribution >= 0.6 is 11.9 Å². The van der Waals surface area contributed by atoms with E-state index in [0.717, 1.165) is 11.9 Å². The molecule has 0 heterocycles. The molecular formula is C11H25BO4S. The van der Waals surface area contributed by atoms with Crippen molar-refractivity contribution in [3.05, 3.63) is 0 Å². The van der Waals surface area contributed by atoms with Crippen LogP contribution in [0.4, 0.5) is 0 Å². The summed E-state index contributed by atoms with van der Waals surface area (Å²) in [7, 11) is 0. The van der Waals surface area contributed by atoms with E-state index in [1.165, 1.54) is 0 Å². The average molecular weight is 264 g/mol. The first-order valence-electron chi connectivity index (χ1n) is 5.94. The van der Waals surface area contributed by atoms with Crippen molar-refractivity contribution in [1.82, 2.24) is 0 Å². The van der Waals surface area contributed by atoms with Gasteiger partial charge in [0.15, 0.2) is 0 Å². The first-order chi connectivity index (χ1) is 7.60. The van der Waals surface area contributed by atoms with Crippen molar-refractivity contribution in [3.63, 3.8) is 0 Å². The second-order valence-electron chi connectivity index (χ2n) is 5.18. The van der Waals surface area contributed by atoms with Crippen molar-refractivity contribution in [3.8, 4) is 0 Å². The summed E-state index contributed by atoms with van der Waals surface area (Å²) in [5, 5.41) is 9.95. The van der Waals surface area contributed by atoms with Crippen molar-refractivity contribution >= 4 is 18.3 Å². The SMILES string of the molecule is CCOB(OC(C)C)SOC(C)(C)C(C)(C)O. The highest BCUT2D eigenvalue weighted by molar-refractivity contribution is 8.20. The van der Waals surface area contributed by atoms with Gasteiger partial charge in [0.2, 0.25) is 0 Å². The lowest BCUT2D eigenvalue weighted by Gasteiger charge is -2.36. The lowest BCUT2D eigenvalue weighted by Crippen LogP contribution is -2.46. The molecule has 0 atom stereocenters. The molecule has 0 aromatic carbocycles. The van der Waals surface area contributed by atoms with Crippen molar-refractivity contribution in [2.75, 3.05) is 6.61 Å². The van der Waals surface area contributed by atoms with Crippen LogP contribution in [0.15, 0.2) is 0 Å². The molecule has 0 spiro atoms. The Bertz CT molecular complexity index is 216. The Morgan fingerprint density at radius 2 is 1.76 bits per heavy atom. The number of hydrogen-bond acceptors (Lipinski definition) is 5. The Morgan fingerprint density at radius 3 is 2.12 bits per heavy atom. The van der Waals surface area contributed by atoms with E-state index in [1.807, 2.05) is 34.6 Å². The van der Waals surface area contributed by atoms with E-state index < -0.39 is 17.6 Å². The molecule has 0 aliphatic rings. The van der Waals surface area contributed by atoms with Gasteiger partial charge in [0.1, 0.15) is 5.60 Å². The van der Waals surface area contributed by atoms with Crippen LogP contribution in [0.3, 0.4) is 0 Å². The maximum Gasteiger partial charge on any atom is 0.559 e. The lowest BCUT2D eigenvalue weighted by atomic mass is 9.90. The topological polar surface area (TPSA) is 47.9 Å². The predicted molar refractivity (Wildman–Crippen MR) is 72.7 cm³/mol. The molecular weight excluding hydrogens is 239 g/mol. The smallest absolute Gasteiger partial charge is 0.401 e. The van der Waals surface area contributed by atoms with E-state index >= 15 is 0 Å². The van der Waals surface area contributed by atoms with Crippen LogP contribution < -0.4 is 0 Å². The minimum absolute atomic E-state index is 0.0629. The van der Waals surface area contributed by atoms with Crippen LogP contribution in [0.1, 0.15) is 48.5 Å². The third-order valence-electron chi connectivity index (χ3n) is 2.49. The summed E-state index contributed by atoms with van der Waals surface area (Å²) in [5.74, 6) is 0. The molecule has 0 aliphatic carbocycles. The summed E-state index contributed by atoms with van der Waals surface area (Å²) in [6.45, 7) is 13.4. The van der Waals surface area contributed by atoms with Gasteiger partial charge in [0.05, 0.1) is 5.60 Å². The molecule has 17 heavy (non-hydrogen) atoms. The van der Waals surface area contributed by atoms with Crippen molar-refractivity contribution in [2.45, 2.75) is 65.8 Å². The molecule has 0 radical (unpaired) electrons. The zero-order chi connectivity index (χ0) is 13.7. The van der Waals surface area contributed by atoms with E-state index in [0.29, 0.717) is 6.61 Å². The summed E-state index contributed by atoms with van der Waals surface area (Å²) in [6, 6.07) is 0. The molecule has 0 saturated carbocycles. The largest absolute Gasteiger partial charge is 0.559 e. The Labute approximate surface area is 110 Å². The summed E-state index contributed by atoms with van der Waals surface area (Å²) in [6.07, 6.45) is -0.408. The van der Waals surface area contributed by atoms with Crippen LogP contribution in [0, 0.1) is 0 Å². The van der Waals surface area contributed by atoms with Gasteiger partial charge in [-0.25, -0.2) is 0 Å². The van der Waals surface area contributed by atoms with Crippen LogP contribution in [-0.4, -0.2) is 35.4 Å². The van der Waals surface area contributed by atoms with Crippen molar-refractivity contribution in [2.24, 2.45) is 0 Å². The lowest BCUT2D eigenvalue weighted by molar-refractivity contribution is -0.0810. The van der Waals surface area contributed by atoms with E-state index in [9.17, 15) is 5.11 Å². The zero-order valence-electron chi connectivity index (χ0n) is 11.9. The third-order valence-corrected chi connectivity index (χ3v) is 3.41. The van der Waals surface area contributed by atoms with Crippen LogP contribution in [0.25, 0.3) is 0 Å². The van der Waals surface area contributed by atoms with Gasteiger partial charge in [0.25, 0.3) is 0 Å². The summed E-state index contributed by atoms with van der Waals surface area (Å²) in [5.41, 5.74) is -1.62. The maximum atomic E-state index is 9.95. The van der Waals surface area contributed by atoms with Crippen LogP contribution in [0.2, 0.25) is 0 Å². The van der Waals surface area contributed by atoms with E-state index in [2.05, 4.69) is 0 Å². The molecule has 0 aliphatic heterocycles. The molecule has 0 fully saturated rings.